The quantitative estimate of drug-likeness (QED) is 0.758. The number of nitrogens with zero attached hydrogens (tertiary/aromatic N) is 3. The largest absolute Gasteiger partial charge is 0.508 e. The van der Waals surface area contributed by atoms with E-state index in [1.807, 2.05) is 36.4 Å². The first-order chi connectivity index (χ1) is 9.81. The van der Waals surface area contributed by atoms with Crippen LogP contribution in [0.1, 0.15) is 5.56 Å². The number of hydrogen-bond donors (Lipinski definition) is 2. The normalized spacial score (nSPS) is 10.6. The summed E-state index contributed by atoms with van der Waals surface area (Å²) in [6.07, 6.45) is 0.830. The van der Waals surface area contributed by atoms with Crippen LogP contribution in [0.5, 0.6) is 5.75 Å². The van der Waals surface area contributed by atoms with Gasteiger partial charge >= 0.3 is 0 Å². The average Bonchev–Trinajstić information content (AvgIpc) is 2.49. The van der Waals surface area contributed by atoms with Crippen LogP contribution in [0.15, 0.2) is 48.5 Å². The second-order valence-corrected chi connectivity index (χ2v) is 4.47. The zero-order valence-corrected chi connectivity index (χ0v) is 10.8. The minimum atomic E-state index is 0.281. The van der Waals surface area contributed by atoms with Gasteiger partial charge in [0.1, 0.15) is 11.3 Å². The van der Waals surface area contributed by atoms with E-state index in [9.17, 15) is 5.11 Å². The Balaban J connectivity index is 1.63. The molecule has 0 fully saturated rings. The van der Waals surface area contributed by atoms with Crippen LogP contribution in [0.2, 0.25) is 0 Å². The molecule has 0 aliphatic heterocycles. The summed E-state index contributed by atoms with van der Waals surface area (Å²) >= 11 is 0. The monoisotopic (exact) mass is 266 g/mol. The first-order valence-corrected chi connectivity index (χ1v) is 6.42. The van der Waals surface area contributed by atoms with Crippen LogP contribution in [0, 0.1) is 0 Å². The van der Waals surface area contributed by atoms with Crippen LogP contribution >= 0.6 is 0 Å². The van der Waals surface area contributed by atoms with E-state index in [-0.39, 0.29) is 5.75 Å². The molecule has 0 bridgehead atoms. The molecule has 1 aromatic heterocycles. The summed E-state index contributed by atoms with van der Waals surface area (Å²) in [7, 11) is 0. The number of para-hydroxylation sites is 1. The van der Waals surface area contributed by atoms with Gasteiger partial charge in [0.15, 0.2) is 0 Å². The van der Waals surface area contributed by atoms with Crippen molar-refractivity contribution in [3.8, 4) is 5.75 Å². The lowest BCUT2D eigenvalue weighted by atomic mass is 10.1. The van der Waals surface area contributed by atoms with Crippen molar-refractivity contribution in [2.45, 2.75) is 6.42 Å². The van der Waals surface area contributed by atoms with Crippen molar-refractivity contribution >= 4 is 17.0 Å². The molecule has 0 radical (unpaired) electrons. The summed E-state index contributed by atoms with van der Waals surface area (Å²) < 4.78 is 0. The van der Waals surface area contributed by atoms with Gasteiger partial charge in [0.05, 0.1) is 5.52 Å². The van der Waals surface area contributed by atoms with Gasteiger partial charge in [-0.05, 0) is 36.2 Å². The van der Waals surface area contributed by atoms with Crippen molar-refractivity contribution in [3.05, 3.63) is 54.1 Å². The smallest absolute Gasteiger partial charge is 0.243 e. The molecule has 2 aromatic carbocycles. The van der Waals surface area contributed by atoms with E-state index in [1.165, 1.54) is 0 Å². The van der Waals surface area contributed by atoms with Gasteiger partial charge < -0.3 is 10.4 Å². The van der Waals surface area contributed by atoms with Crippen molar-refractivity contribution in [1.29, 1.82) is 0 Å². The number of fused-ring (bicyclic) bond motifs is 1. The van der Waals surface area contributed by atoms with E-state index in [2.05, 4.69) is 20.5 Å². The Morgan fingerprint density at radius 1 is 0.900 bits per heavy atom. The minimum Gasteiger partial charge on any atom is -0.508 e. The second kappa shape index (κ2) is 5.52. The van der Waals surface area contributed by atoms with E-state index in [4.69, 9.17) is 0 Å². The number of nitrogens with one attached hydrogen (secondary N) is 1. The highest BCUT2D eigenvalue weighted by Crippen LogP contribution is 2.11. The van der Waals surface area contributed by atoms with Crippen LogP contribution in [0.25, 0.3) is 11.0 Å². The first-order valence-electron chi connectivity index (χ1n) is 6.42. The van der Waals surface area contributed by atoms with Crippen molar-refractivity contribution in [2.24, 2.45) is 0 Å². The Bertz CT molecular complexity index is 712. The number of rotatable bonds is 4. The predicted octanol–water partition coefficient (Wildman–Crippen LogP) is 2.39. The molecule has 0 saturated heterocycles. The molecule has 5 nitrogen and oxygen atoms in total. The highest BCUT2D eigenvalue weighted by atomic mass is 16.3. The number of aromatic hydroxyl groups is 1. The number of phenolic OH excluding ortho intramolecular Hbond substituents is 1. The molecule has 0 amide bonds. The Labute approximate surface area is 116 Å². The van der Waals surface area contributed by atoms with E-state index in [1.54, 1.807) is 12.1 Å². The number of phenols is 1. The summed E-state index contributed by atoms with van der Waals surface area (Å²) in [6.45, 7) is 0.713. The van der Waals surface area contributed by atoms with Gasteiger partial charge in [0, 0.05) is 6.54 Å². The lowest BCUT2D eigenvalue weighted by molar-refractivity contribution is 0.475. The van der Waals surface area contributed by atoms with Crippen LogP contribution in [0.3, 0.4) is 0 Å². The zero-order valence-electron chi connectivity index (χ0n) is 10.8. The van der Waals surface area contributed by atoms with Gasteiger partial charge in [-0.2, -0.15) is 0 Å². The summed E-state index contributed by atoms with van der Waals surface area (Å²) in [6, 6.07) is 14.8. The maximum atomic E-state index is 9.22. The third-order valence-corrected chi connectivity index (χ3v) is 2.99. The Hall–Kier alpha value is -2.69. The molecule has 2 N–H and O–H groups in total. The van der Waals surface area contributed by atoms with Gasteiger partial charge in [-0.25, -0.2) is 4.98 Å². The van der Waals surface area contributed by atoms with E-state index in [0.717, 1.165) is 23.0 Å². The van der Waals surface area contributed by atoms with Gasteiger partial charge in [0.2, 0.25) is 5.95 Å². The third-order valence-electron chi connectivity index (χ3n) is 2.99. The van der Waals surface area contributed by atoms with Crippen LogP contribution < -0.4 is 5.32 Å². The summed E-state index contributed by atoms with van der Waals surface area (Å²) in [4.78, 5) is 4.40. The maximum absolute atomic E-state index is 9.22. The molecular formula is C15H14N4O. The molecule has 1 heterocycles. The van der Waals surface area contributed by atoms with Crippen LogP contribution in [0.4, 0.5) is 5.95 Å². The van der Waals surface area contributed by atoms with Crippen LogP contribution in [-0.2, 0) is 6.42 Å². The highest BCUT2D eigenvalue weighted by Gasteiger charge is 2.00. The minimum absolute atomic E-state index is 0.281. The maximum Gasteiger partial charge on any atom is 0.243 e. The number of benzene rings is 2. The standard InChI is InChI=1S/C15H14N4O/c20-12-7-5-11(6-8-12)9-10-16-15-17-13-3-1-2-4-14(13)18-19-15/h1-8,20H,9-10H2,(H,16,17,19). The molecule has 3 aromatic rings. The zero-order chi connectivity index (χ0) is 13.8. The molecule has 0 unspecified atom stereocenters. The SMILES string of the molecule is Oc1ccc(CCNc2nnc3ccccc3n2)cc1. The van der Waals surface area contributed by atoms with Crippen molar-refractivity contribution in [1.82, 2.24) is 15.2 Å². The molecule has 0 atom stereocenters. The van der Waals surface area contributed by atoms with Crippen molar-refractivity contribution < 1.29 is 5.11 Å². The summed E-state index contributed by atoms with van der Waals surface area (Å²) in [5, 5.41) is 20.5. The second-order valence-electron chi connectivity index (χ2n) is 4.47. The van der Waals surface area contributed by atoms with E-state index < -0.39 is 0 Å². The fourth-order valence-corrected chi connectivity index (χ4v) is 1.94. The van der Waals surface area contributed by atoms with Gasteiger partial charge in [-0.15, -0.1) is 10.2 Å². The summed E-state index contributed by atoms with van der Waals surface area (Å²) in [5.74, 6) is 0.811. The number of aromatic nitrogens is 3. The van der Waals surface area contributed by atoms with Gasteiger partial charge in [-0.1, -0.05) is 24.3 Å². The molecule has 5 heteroatoms. The molecular weight excluding hydrogens is 252 g/mol. The fourth-order valence-electron chi connectivity index (χ4n) is 1.94. The lowest BCUT2D eigenvalue weighted by Gasteiger charge is -2.05. The van der Waals surface area contributed by atoms with Crippen molar-refractivity contribution in [2.75, 3.05) is 11.9 Å². The van der Waals surface area contributed by atoms with E-state index >= 15 is 0 Å². The molecule has 3 rings (SSSR count). The number of hydrogen-bond acceptors (Lipinski definition) is 5. The topological polar surface area (TPSA) is 70.9 Å². The lowest BCUT2D eigenvalue weighted by Crippen LogP contribution is -2.08. The molecule has 0 saturated carbocycles. The predicted molar refractivity (Wildman–Crippen MR) is 77.6 cm³/mol. The molecule has 0 aliphatic rings. The third kappa shape index (κ3) is 2.83. The molecule has 0 aliphatic carbocycles. The first kappa shape index (κ1) is 12.3. The molecule has 0 spiro atoms. The Morgan fingerprint density at radius 2 is 1.65 bits per heavy atom. The number of anilines is 1. The Kier molecular flexibility index (Phi) is 3.41. The van der Waals surface area contributed by atoms with Crippen LogP contribution in [-0.4, -0.2) is 26.8 Å². The van der Waals surface area contributed by atoms with E-state index in [0.29, 0.717) is 12.5 Å². The average molecular weight is 266 g/mol. The molecule has 100 valence electrons. The Morgan fingerprint density at radius 3 is 2.45 bits per heavy atom. The summed E-state index contributed by atoms with van der Waals surface area (Å²) in [5.41, 5.74) is 2.76. The fraction of sp³-hybridized carbons (Fsp3) is 0.133. The highest BCUT2D eigenvalue weighted by molar-refractivity contribution is 5.73. The van der Waals surface area contributed by atoms with Gasteiger partial charge in [0.25, 0.3) is 0 Å². The van der Waals surface area contributed by atoms with Crippen molar-refractivity contribution in [3.63, 3.8) is 0 Å². The molecule has 20 heavy (non-hydrogen) atoms. The van der Waals surface area contributed by atoms with Gasteiger partial charge in [-0.3, -0.25) is 0 Å².